The topological polar surface area (TPSA) is 33.1 Å². The van der Waals surface area contributed by atoms with Gasteiger partial charge in [0.1, 0.15) is 5.82 Å². The molecule has 1 aliphatic heterocycles. The lowest BCUT2D eigenvalue weighted by Crippen LogP contribution is -2.44. The minimum Gasteiger partial charge on any atom is -0.337 e. The number of likely N-dealkylation sites (tertiary alicyclic amines) is 1. The number of aryl methyl sites for hydroxylation is 1. The molecule has 0 bridgehead atoms. The summed E-state index contributed by atoms with van der Waals surface area (Å²) < 4.78 is 2.12. The van der Waals surface area contributed by atoms with Crippen LogP contribution in [0.4, 0.5) is 0 Å². The Bertz CT molecular complexity index is 391. The molecule has 1 aromatic rings. The highest BCUT2D eigenvalue weighted by molar-refractivity contribution is 4.92. The Morgan fingerprint density at radius 3 is 2.84 bits per heavy atom. The van der Waals surface area contributed by atoms with Crippen LogP contribution in [0.25, 0.3) is 0 Å². The third kappa shape index (κ3) is 4.62. The van der Waals surface area contributed by atoms with Crippen LogP contribution in [0.5, 0.6) is 0 Å². The van der Waals surface area contributed by atoms with E-state index in [4.69, 9.17) is 0 Å². The maximum atomic E-state index is 4.43. The predicted molar refractivity (Wildman–Crippen MR) is 79.0 cm³/mol. The van der Waals surface area contributed by atoms with Crippen molar-refractivity contribution in [2.45, 2.75) is 45.7 Å². The maximum absolute atomic E-state index is 4.43. The maximum Gasteiger partial charge on any atom is 0.122 e. The van der Waals surface area contributed by atoms with Crippen molar-refractivity contribution in [1.82, 2.24) is 19.8 Å². The molecule has 4 nitrogen and oxygen atoms in total. The lowest BCUT2D eigenvalue weighted by atomic mass is 9.96. The van der Waals surface area contributed by atoms with Crippen LogP contribution in [-0.4, -0.2) is 39.6 Å². The molecule has 1 fully saturated rings. The Balaban J connectivity index is 1.82. The molecule has 0 aromatic carbocycles. The Hall–Kier alpha value is -0.870. The molecule has 108 valence electrons. The van der Waals surface area contributed by atoms with E-state index in [1.54, 1.807) is 0 Å². The molecule has 1 aromatic heterocycles. The second kappa shape index (κ2) is 6.06. The van der Waals surface area contributed by atoms with E-state index in [-0.39, 0.29) is 5.54 Å². The number of aromatic nitrogens is 2. The van der Waals surface area contributed by atoms with Crippen LogP contribution in [0, 0.1) is 5.92 Å². The van der Waals surface area contributed by atoms with Gasteiger partial charge in [0, 0.05) is 31.5 Å². The zero-order valence-corrected chi connectivity index (χ0v) is 12.8. The molecular weight excluding hydrogens is 236 g/mol. The first-order chi connectivity index (χ1) is 8.94. The minimum atomic E-state index is 0.224. The van der Waals surface area contributed by atoms with Crippen molar-refractivity contribution >= 4 is 0 Å². The van der Waals surface area contributed by atoms with Gasteiger partial charge in [-0.25, -0.2) is 4.98 Å². The van der Waals surface area contributed by atoms with Gasteiger partial charge in [-0.2, -0.15) is 0 Å². The van der Waals surface area contributed by atoms with Crippen LogP contribution >= 0.6 is 0 Å². The first-order valence-corrected chi connectivity index (χ1v) is 7.37. The SMILES string of the molecule is Cn1ccnc1CN1CCCC(CNC(C)(C)C)C1. The summed E-state index contributed by atoms with van der Waals surface area (Å²) in [6.07, 6.45) is 6.57. The summed E-state index contributed by atoms with van der Waals surface area (Å²) >= 11 is 0. The third-order valence-electron chi connectivity index (χ3n) is 3.81. The van der Waals surface area contributed by atoms with Crippen LogP contribution in [0.3, 0.4) is 0 Å². The van der Waals surface area contributed by atoms with Gasteiger partial charge < -0.3 is 9.88 Å². The van der Waals surface area contributed by atoms with Gasteiger partial charge in [-0.3, -0.25) is 4.90 Å². The van der Waals surface area contributed by atoms with Gasteiger partial charge >= 0.3 is 0 Å². The van der Waals surface area contributed by atoms with Gasteiger partial charge in [-0.05, 0) is 52.6 Å². The standard InChI is InChI=1S/C15H28N4/c1-15(2,3)17-10-13-6-5-8-19(11-13)12-14-16-7-9-18(14)4/h7,9,13,17H,5-6,8,10-12H2,1-4H3. The first-order valence-electron chi connectivity index (χ1n) is 7.37. The van der Waals surface area contributed by atoms with E-state index >= 15 is 0 Å². The van der Waals surface area contributed by atoms with Crippen molar-refractivity contribution in [3.05, 3.63) is 18.2 Å². The molecule has 0 saturated carbocycles. The summed E-state index contributed by atoms with van der Waals surface area (Å²) in [6.45, 7) is 11.2. The van der Waals surface area contributed by atoms with Crippen molar-refractivity contribution in [1.29, 1.82) is 0 Å². The van der Waals surface area contributed by atoms with E-state index < -0.39 is 0 Å². The van der Waals surface area contributed by atoms with Gasteiger partial charge in [0.05, 0.1) is 6.54 Å². The van der Waals surface area contributed by atoms with Gasteiger partial charge in [0.25, 0.3) is 0 Å². The highest BCUT2D eigenvalue weighted by Gasteiger charge is 2.22. The lowest BCUT2D eigenvalue weighted by molar-refractivity contribution is 0.155. The third-order valence-corrected chi connectivity index (χ3v) is 3.81. The predicted octanol–water partition coefficient (Wildman–Crippen LogP) is 2.02. The Kier molecular flexibility index (Phi) is 4.63. The molecule has 0 amide bonds. The smallest absolute Gasteiger partial charge is 0.122 e. The molecule has 2 rings (SSSR count). The summed E-state index contributed by atoms with van der Waals surface area (Å²) in [5, 5.41) is 3.63. The van der Waals surface area contributed by atoms with Gasteiger partial charge in [-0.15, -0.1) is 0 Å². The zero-order chi connectivity index (χ0) is 13.9. The van der Waals surface area contributed by atoms with Crippen LogP contribution < -0.4 is 5.32 Å². The van der Waals surface area contributed by atoms with E-state index in [1.165, 1.54) is 31.8 Å². The molecule has 0 radical (unpaired) electrons. The minimum absolute atomic E-state index is 0.224. The van der Waals surface area contributed by atoms with Crippen LogP contribution in [0.1, 0.15) is 39.4 Å². The number of imidazole rings is 1. The van der Waals surface area contributed by atoms with E-state index in [2.05, 4.69) is 47.6 Å². The lowest BCUT2D eigenvalue weighted by Gasteiger charge is -2.34. The van der Waals surface area contributed by atoms with Gasteiger partial charge in [0.2, 0.25) is 0 Å². The number of piperidine rings is 1. The Labute approximate surface area is 117 Å². The van der Waals surface area contributed by atoms with Crippen molar-refractivity contribution in [3.8, 4) is 0 Å². The van der Waals surface area contributed by atoms with Crippen LogP contribution in [0.2, 0.25) is 0 Å². The van der Waals surface area contributed by atoms with E-state index in [9.17, 15) is 0 Å². The average Bonchev–Trinajstić information content (AvgIpc) is 2.72. The van der Waals surface area contributed by atoms with Crippen LogP contribution in [0.15, 0.2) is 12.4 Å². The van der Waals surface area contributed by atoms with E-state index in [1.807, 2.05) is 12.4 Å². The van der Waals surface area contributed by atoms with Crippen molar-refractivity contribution in [2.24, 2.45) is 13.0 Å². The zero-order valence-electron chi connectivity index (χ0n) is 12.8. The number of nitrogens with one attached hydrogen (secondary N) is 1. The van der Waals surface area contributed by atoms with Crippen molar-refractivity contribution in [2.75, 3.05) is 19.6 Å². The number of hydrogen-bond donors (Lipinski definition) is 1. The summed E-state index contributed by atoms with van der Waals surface area (Å²) in [6, 6.07) is 0. The summed E-state index contributed by atoms with van der Waals surface area (Å²) in [7, 11) is 2.07. The molecule has 1 atom stereocenters. The van der Waals surface area contributed by atoms with E-state index in [0.29, 0.717) is 0 Å². The number of nitrogens with zero attached hydrogens (tertiary/aromatic N) is 3. The molecule has 1 saturated heterocycles. The van der Waals surface area contributed by atoms with E-state index in [0.717, 1.165) is 19.0 Å². The molecule has 4 heteroatoms. The molecule has 0 aliphatic carbocycles. The molecule has 1 unspecified atom stereocenters. The normalized spacial score (nSPS) is 21.8. The summed E-state index contributed by atoms with van der Waals surface area (Å²) in [5.74, 6) is 1.94. The molecule has 1 aliphatic rings. The fourth-order valence-electron chi connectivity index (χ4n) is 2.66. The Morgan fingerprint density at radius 1 is 1.42 bits per heavy atom. The molecule has 1 N–H and O–H groups in total. The summed E-state index contributed by atoms with van der Waals surface area (Å²) in [4.78, 5) is 6.97. The quantitative estimate of drug-likeness (QED) is 0.903. The van der Waals surface area contributed by atoms with Crippen molar-refractivity contribution in [3.63, 3.8) is 0 Å². The number of rotatable bonds is 4. The average molecular weight is 264 g/mol. The van der Waals surface area contributed by atoms with Gasteiger partial charge in [-0.1, -0.05) is 0 Å². The highest BCUT2D eigenvalue weighted by atomic mass is 15.2. The first kappa shape index (κ1) is 14.5. The van der Waals surface area contributed by atoms with Crippen LogP contribution in [-0.2, 0) is 13.6 Å². The second-order valence-corrected chi connectivity index (χ2v) is 6.83. The van der Waals surface area contributed by atoms with Gasteiger partial charge in [0.15, 0.2) is 0 Å². The fraction of sp³-hybridized carbons (Fsp3) is 0.800. The molecule has 19 heavy (non-hydrogen) atoms. The Morgan fingerprint density at radius 2 is 2.21 bits per heavy atom. The second-order valence-electron chi connectivity index (χ2n) is 6.83. The largest absolute Gasteiger partial charge is 0.337 e. The summed E-state index contributed by atoms with van der Waals surface area (Å²) in [5.41, 5.74) is 0.224. The monoisotopic (exact) mass is 264 g/mol. The molecular formula is C15H28N4. The molecule has 0 spiro atoms. The fourth-order valence-corrected chi connectivity index (χ4v) is 2.66. The highest BCUT2D eigenvalue weighted by Crippen LogP contribution is 2.18. The number of hydrogen-bond acceptors (Lipinski definition) is 3. The van der Waals surface area contributed by atoms with Crippen molar-refractivity contribution < 1.29 is 0 Å². The molecule has 2 heterocycles.